The van der Waals surface area contributed by atoms with Gasteiger partial charge in [-0.05, 0) is 38.7 Å². The Morgan fingerprint density at radius 3 is 2.81 bits per heavy atom. The quantitative estimate of drug-likeness (QED) is 0.865. The second kappa shape index (κ2) is 6.69. The number of aryl methyl sites for hydroxylation is 1. The first kappa shape index (κ1) is 15.5. The van der Waals surface area contributed by atoms with Crippen LogP contribution in [0.1, 0.15) is 23.0 Å². The highest BCUT2D eigenvalue weighted by molar-refractivity contribution is 5.36. The molecule has 0 aromatic carbocycles. The van der Waals surface area contributed by atoms with Gasteiger partial charge in [0.15, 0.2) is 5.75 Å². The average Bonchev–Trinajstić information content (AvgIpc) is 2.87. The number of nitrogens with zero attached hydrogens (tertiary/aromatic N) is 4. The minimum Gasteiger partial charge on any atom is -0.493 e. The van der Waals surface area contributed by atoms with Crippen molar-refractivity contribution in [2.45, 2.75) is 19.5 Å². The predicted molar refractivity (Wildman–Crippen MR) is 82.3 cm³/mol. The van der Waals surface area contributed by atoms with Crippen LogP contribution in [0.25, 0.3) is 0 Å². The van der Waals surface area contributed by atoms with Gasteiger partial charge in [-0.15, -0.1) is 0 Å². The summed E-state index contributed by atoms with van der Waals surface area (Å²) in [5.74, 6) is 0.718. The van der Waals surface area contributed by atoms with Crippen molar-refractivity contribution in [2.24, 2.45) is 5.73 Å². The van der Waals surface area contributed by atoms with E-state index in [2.05, 4.69) is 15.0 Å². The monoisotopic (exact) mass is 289 g/mol. The number of aromatic nitrogens is 3. The number of nitrogens with two attached hydrogens (primary N) is 1. The Bertz CT molecular complexity index is 593. The highest BCUT2D eigenvalue weighted by Gasteiger charge is 2.20. The Morgan fingerprint density at radius 2 is 2.19 bits per heavy atom. The van der Waals surface area contributed by atoms with Crippen molar-refractivity contribution in [3.8, 4) is 5.75 Å². The molecule has 0 radical (unpaired) electrons. The Hall–Kier alpha value is -1.92. The van der Waals surface area contributed by atoms with Gasteiger partial charge in [-0.1, -0.05) is 0 Å². The minimum atomic E-state index is -0.286. The van der Waals surface area contributed by atoms with Crippen molar-refractivity contribution >= 4 is 0 Å². The molecule has 2 rings (SSSR count). The molecule has 0 fully saturated rings. The Kier molecular flexibility index (Phi) is 4.93. The molecule has 0 aliphatic heterocycles. The Balaban J connectivity index is 2.34. The highest BCUT2D eigenvalue weighted by atomic mass is 16.5. The van der Waals surface area contributed by atoms with Gasteiger partial charge in [0.2, 0.25) is 0 Å². The first-order valence-electron chi connectivity index (χ1n) is 6.95. The zero-order valence-corrected chi connectivity index (χ0v) is 13.1. The molecule has 0 saturated heterocycles. The predicted octanol–water partition coefficient (Wildman–Crippen LogP) is 1.20. The Morgan fingerprint density at radius 1 is 1.43 bits per heavy atom. The van der Waals surface area contributed by atoms with Crippen molar-refractivity contribution in [1.29, 1.82) is 0 Å². The van der Waals surface area contributed by atoms with Crippen LogP contribution < -0.4 is 10.5 Å². The molecule has 21 heavy (non-hydrogen) atoms. The molecule has 6 heteroatoms. The lowest BCUT2D eigenvalue weighted by molar-refractivity contribution is 0.363. The maximum Gasteiger partial charge on any atom is 0.161 e. The van der Waals surface area contributed by atoms with Gasteiger partial charge < -0.3 is 15.4 Å². The van der Waals surface area contributed by atoms with E-state index in [0.29, 0.717) is 0 Å². The summed E-state index contributed by atoms with van der Waals surface area (Å²) >= 11 is 0. The number of hydrogen-bond donors (Lipinski definition) is 1. The summed E-state index contributed by atoms with van der Waals surface area (Å²) in [5.41, 5.74) is 9.28. The van der Waals surface area contributed by atoms with Gasteiger partial charge in [-0.2, -0.15) is 5.10 Å². The summed E-state index contributed by atoms with van der Waals surface area (Å²) in [6.45, 7) is 3.61. The maximum atomic E-state index is 6.43. The third kappa shape index (κ3) is 3.59. The number of hydrogen-bond acceptors (Lipinski definition) is 5. The molecule has 2 aromatic rings. The molecule has 1 atom stereocenters. The number of pyridine rings is 1. The number of likely N-dealkylation sites (N-methyl/N-ethyl adjacent to an activating group) is 1. The van der Waals surface area contributed by atoms with E-state index in [9.17, 15) is 0 Å². The van der Waals surface area contributed by atoms with E-state index in [4.69, 9.17) is 10.5 Å². The maximum absolute atomic E-state index is 6.43. The van der Waals surface area contributed by atoms with Crippen molar-refractivity contribution in [2.75, 3.05) is 27.7 Å². The van der Waals surface area contributed by atoms with Crippen molar-refractivity contribution < 1.29 is 4.74 Å². The molecule has 2 N–H and O–H groups in total. The van der Waals surface area contributed by atoms with Gasteiger partial charge in [0.05, 0.1) is 25.9 Å². The van der Waals surface area contributed by atoms with Crippen LogP contribution in [0.4, 0.5) is 0 Å². The lowest BCUT2D eigenvalue weighted by atomic mass is 10.0. The fourth-order valence-corrected chi connectivity index (χ4v) is 2.24. The number of ether oxygens (including phenoxy) is 1. The smallest absolute Gasteiger partial charge is 0.161 e. The van der Waals surface area contributed by atoms with E-state index in [1.54, 1.807) is 19.5 Å². The average molecular weight is 289 g/mol. The van der Waals surface area contributed by atoms with Crippen LogP contribution in [0.15, 0.2) is 24.5 Å². The second-order valence-corrected chi connectivity index (χ2v) is 5.33. The van der Waals surface area contributed by atoms with Gasteiger partial charge in [0, 0.05) is 18.4 Å². The molecule has 1 unspecified atom stereocenters. The van der Waals surface area contributed by atoms with E-state index in [-0.39, 0.29) is 6.04 Å². The third-order valence-corrected chi connectivity index (χ3v) is 3.40. The van der Waals surface area contributed by atoms with Crippen molar-refractivity contribution in [3.05, 3.63) is 41.5 Å². The van der Waals surface area contributed by atoms with E-state index in [1.165, 1.54) is 0 Å². The molecule has 0 aliphatic carbocycles. The topological polar surface area (TPSA) is 69.2 Å². The molecule has 0 saturated carbocycles. The first-order chi connectivity index (χ1) is 10.0. The van der Waals surface area contributed by atoms with Crippen LogP contribution in [-0.4, -0.2) is 47.4 Å². The molecule has 2 aromatic heterocycles. The van der Waals surface area contributed by atoms with Crippen LogP contribution in [0.5, 0.6) is 5.75 Å². The summed E-state index contributed by atoms with van der Waals surface area (Å²) in [6, 6.07) is 3.64. The van der Waals surface area contributed by atoms with Crippen LogP contribution in [0, 0.1) is 6.92 Å². The van der Waals surface area contributed by atoms with Crippen molar-refractivity contribution in [1.82, 2.24) is 19.7 Å². The van der Waals surface area contributed by atoms with Gasteiger partial charge in [0.25, 0.3) is 0 Å². The fourth-order valence-electron chi connectivity index (χ4n) is 2.24. The number of rotatable bonds is 6. The summed E-state index contributed by atoms with van der Waals surface area (Å²) in [7, 11) is 5.71. The standard InChI is InChI=1S/C15H23N5O/c1-11-9-12(5-6-17-11)14(16)15-13(21-4)10-18-20(15)8-7-19(2)3/h5-6,9-10,14H,7-8,16H2,1-4H3. The Labute approximate surface area is 125 Å². The van der Waals surface area contributed by atoms with E-state index < -0.39 is 0 Å². The zero-order valence-electron chi connectivity index (χ0n) is 13.1. The highest BCUT2D eigenvalue weighted by Crippen LogP contribution is 2.28. The lowest BCUT2D eigenvalue weighted by Gasteiger charge is -2.18. The SMILES string of the molecule is COc1cnn(CCN(C)C)c1C(N)c1ccnc(C)c1. The molecule has 0 bridgehead atoms. The second-order valence-electron chi connectivity index (χ2n) is 5.33. The molecule has 0 aliphatic rings. The lowest BCUT2D eigenvalue weighted by Crippen LogP contribution is -2.23. The summed E-state index contributed by atoms with van der Waals surface area (Å²) in [6.07, 6.45) is 3.50. The van der Waals surface area contributed by atoms with E-state index in [1.807, 2.05) is 37.8 Å². The normalized spacial score (nSPS) is 12.7. The molecular weight excluding hydrogens is 266 g/mol. The van der Waals surface area contributed by atoms with Gasteiger partial charge in [0.1, 0.15) is 5.69 Å². The third-order valence-electron chi connectivity index (χ3n) is 3.40. The molecule has 114 valence electrons. The largest absolute Gasteiger partial charge is 0.493 e. The van der Waals surface area contributed by atoms with Crippen LogP contribution in [0.2, 0.25) is 0 Å². The summed E-state index contributed by atoms with van der Waals surface area (Å²) in [5, 5.41) is 4.40. The van der Waals surface area contributed by atoms with Crippen LogP contribution >= 0.6 is 0 Å². The molecule has 0 amide bonds. The van der Waals surface area contributed by atoms with Crippen molar-refractivity contribution in [3.63, 3.8) is 0 Å². The molecule has 2 heterocycles. The molecular formula is C15H23N5O. The van der Waals surface area contributed by atoms with Crippen LogP contribution in [-0.2, 0) is 6.54 Å². The summed E-state index contributed by atoms with van der Waals surface area (Å²) in [4.78, 5) is 6.32. The number of methoxy groups -OCH3 is 1. The summed E-state index contributed by atoms with van der Waals surface area (Å²) < 4.78 is 7.33. The van der Waals surface area contributed by atoms with E-state index >= 15 is 0 Å². The van der Waals surface area contributed by atoms with Gasteiger partial charge in [-0.25, -0.2) is 0 Å². The fraction of sp³-hybridized carbons (Fsp3) is 0.467. The van der Waals surface area contributed by atoms with Gasteiger partial charge in [-0.3, -0.25) is 9.67 Å². The van der Waals surface area contributed by atoms with Crippen LogP contribution in [0.3, 0.4) is 0 Å². The van der Waals surface area contributed by atoms with E-state index in [0.717, 1.165) is 35.8 Å². The molecule has 6 nitrogen and oxygen atoms in total. The van der Waals surface area contributed by atoms with Gasteiger partial charge >= 0.3 is 0 Å². The minimum absolute atomic E-state index is 0.286. The molecule has 0 spiro atoms. The first-order valence-corrected chi connectivity index (χ1v) is 6.95. The zero-order chi connectivity index (χ0) is 15.4.